The monoisotopic (exact) mass is 653 g/mol. The van der Waals surface area contributed by atoms with E-state index in [1.165, 1.54) is 12.1 Å². The van der Waals surface area contributed by atoms with E-state index < -0.39 is 41.4 Å². The van der Waals surface area contributed by atoms with Gasteiger partial charge in [-0.15, -0.1) is 6.58 Å². The van der Waals surface area contributed by atoms with Crippen LogP contribution in [0.25, 0.3) is 22.3 Å². The summed E-state index contributed by atoms with van der Waals surface area (Å²) < 4.78 is 39.5. The number of alkyl halides is 3. The Bertz CT molecular complexity index is 1820. The summed E-state index contributed by atoms with van der Waals surface area (Å²) in [7, 11) is 0. The number of carbonyl (C=O) groups is 3. The lowest BCUT2D eigenvalue weighted by Gasteiger charge is -2.30. The number of nitrogens with one attached hydrogen (secondary N) is 1. The van der Waals surface area contributed by atoms with Crippen LogP contribution in [-0.2, 0) is 27.1 Å². The molecule has 1 heterocycles. The molecule has 248 valence electrons. The standard InChI is InChI=1S/C39H38F3N3O3/c1-4-10-32(36(43)46)33(21-24(2)3)37(47)44-35-31-15-6-5-13-29(31)30-14-7-8-16-34(30)45(38(35)48)23-25-11-9-12-27(22-25)26-17-19-28(20-18-26)39(40,41)42/h4-9,11-20,22,24,32-33,35H,1,10,21,23H2,2-3H3,(H2,43,46)(H,44,47)/t32-,33+,35?/m0/s1. The van der Waals surface area contributed by atoms with Gasteiger partial charge in [0.05, 0.1) is 29.6 Å². The Hall–Kier alpha value is -5.18. The number of benzene rings is 4. The Morgan fingerprint density at radius 1 is 0.896 bits per heavy atom. The summed E-state index contributed by atoms with van der Waals surface area (Å²) in [6.45, 7) is 7.77. The first-order valence-corrected chi connectivity index (χ1v) is 15.9. The summed E-state index contributed by atoms with van der Waals surface area (Å²) in [5.74, 6) is -2.92. The number of nitrogens with zero attached hydrogens (tertiary/aromatic N) is 1. The number of primary amides is 1. The van der Waals surface area contributed by atoms with Crippen LogP contribution in [0, 0.1) is 17.8 Å². The fourth-order valence-electron chi connectivity index (χ4n) is 6.39. The number of amides is 3. The van der Waals surface area contributed by atoms with Crippen LogP contribution >= 0.6 is 0 Å². The highest BCUT2D eigenvalue weighted by atomic mass is 19.4. The molecule has 3 amide bonds. The highest BCUT2D eigenvalue weighted by Gasteiger charge is 2.39. The van der Waals surface area contributed by atoms with Crippen molar-refractivity contribution in [3.8, 4) is 22.3 Å². The van der Waals surface area contributed by atoms with Crippen LogP contribution in [-0.4, -0.2) is 17.7 Å². The first-order chi connectivity index (χ1) is 22.9. The molecule has 0 aromatic heterocycles. The molecule has 0 spiro atoms. The summed E-state index contributed by atoms with van der Waals surface area (Å²) in [6.07, 6.45) is -2.26. The second-order valence-electron chi connectivity index (χ2n) is 12.5. The Morgan fingerprint density at radius 2 is 1.56 bits per heavy atom. The average molecular weight is 654 g/mol. The third-order valence-electron chi connectivity index (χ3n) is 8.70. The second kappa shape index (κ2) is 14.3. The molecular formula is C39H38F3N3O3. The van der Waals surface area contributed by atoms with Crippen LogP contribution in [0.2, 0.25) is 0 Å². The molecule has 1 aliphatic heterocycles. The molecule has 1 aliphatic rings. The first-order valence-electron chi connectivity index (χ1n) is 15.9. The number of para-hydroxylation sites is 1. The first kappa shape index (κ1) is 34.2. The van der Waals surface area contributed by atoms with Crippen molar-refractivity contribution in [2.24, 2.45) is 23.5 Å². The molecule has 5 rings (SSSR count). The predicted octanol–water partition coefficient (Wildman–Crippen LogP) is 8.08. The van der Waals surface area contributed by atoms with Gasteiger partial charge in [-0.3, -0.25) is 14.4 Å². The van der Waals surface area contributed by atoms with Crippen molar-refractivity contribution in [1.82, 2.24) is 5.32 Å². The van der Waals surface area contributed by atoms with Crippen molar-refractivity contribution in [2.45, 2.75) is 45.5 Å². The minimum Gasteiger partial charge on any atom is -0.369 e. The molecule has 48 heavy (non-hydrogen) atoms. The van der Waals surface area contributed by atoms with Gasteiger partial charge in [-0.1, -0.05) is 92.7 Å². The van der Waals surface area contributed by atoms with E-state index in [0.29, 0.717) is 28.8 Å². The Kier molecular flexibility index (Phi) is 10.2. The number of carbonyl (C=O) groups excluding carboxylic acids is 3. The summed E-state index contributed by atoms with van der Waals surface area (Å²) in [4.78, 5) is 42.8. The smallest absolute Gasteiger partial charge is 0.369 e. The fraction of sp³-hybridized carbons (Fsp3) is 0.256. The lowest BCUT2D eigenvalue weighted by atomic mass is 9.82. The molecule has 3 N–H and O–H groups in total. The van der Waals surface area contributed by atoms with Crippen molar-refractivity contribution < 1.29 is 27.6 Å². The quantitative estimate of drug-likeness (QED) is 0.160. The third kappa shape index (κ3) is 7.35. The van der Waals surface area contributed by atoms with E-state index in [2.05, 4.69) is 11.9 Å². The SMILES string of the molecule is C=CC[C@H](C(N)=O)[C@@H](CC(C)C)C(=O)NC1C(=O)N(Cc2cccc(-c3ccc(C(F)(F)F)cc3)c2)c2ccccc2-c2ccccc21. The van der Waals surface area contributed by atoms with Crippen LogP contribution in [0.15, 0.2) is 110 Å². The van der Waals surface area contributed by atoms with Gasteiger partial charge in [0, 0.05) is 5.56 Å². The third-order valence-corrected chi connectivity index (χ3v) is 8.70. The molecule has 4 aromatic carbocycles. The Labute approximate surface area is 278 Å². The van der Waals surface area contributed by atoms with Crippen molar-refractivity contribution in [3.63, 3.8) is 0 Å². The van der Waals surface area contributed by atoms with Gasteiger partial charge in [-0.25, -0.2) is 0 Å². The van der Waals surface area contributed by atoms with Gasteiger partial charge in [0.2, 0.25) is 11.8 Å². The van der Waals surface area contributed by atoms with E-state index in [9.17, 15) is 27.6 Å². The molecule has 0 bridgehead atoms. The second-order valence-corrected chi connectivity index (χ2v) is 12.5. The zero-order valence-electron chi connectivity index (χ0n) is 26.8. The maximum Gasteiger partial charge on any atom is 0.416 e. The molecule has 3 atom stereocenters. The highest BCUT2D eigenvalue weighted by molar-refractivity contribution is 6.06. The van der Waals surface area contributed by atoms with Gasteiger partial charge in [-0.2, -0.15) is 13.2 Å². The molecule has 4 aromatic rings. The molecule has 0 saturated heterocycles. The van der Waals surface area contributed by atoms with Crippen molar-refractivity contribution in [2.75, 3.05) is 4.90 Å². The molecule has 0 fully saturated rings. The van der Waals surface area contributed by atoms with E-state index >= 15 is 0 Å². The molecule has 1 unspecified atom stereocenters. The molecule has 0 saturated carbocycles. The Morgan fingerprint density at radius 3 is 2.21 bits per heavy atom. The van der Waals surface area contributed by atoms with Gasteiger partial charge in [0.1, 0.15) is 6.04 Å². The van der Waals surface area contributed by atoms with Gasteiger partial charge >= 0.3 is 6.18 Å². The van der Waals surface area contributed by atoms with Crippen LogP contribution in [0.5, 0.6) is 0 Å². The van der Waals surface area contributed by atoms with Crippen LogP contribution in [0.4, 0.5) is 18.9 Å². The number of anilines is 1. The van der Waals surface area contributed by atoms with Crippen LogP contribution in [0.1, 0.15) is 49.4 Å². The van der Waals surface area contributed by atoms with Gasteiger partial charge in [-0.05, 0) is 70.8 Å². The van der Waals surface area contributed by atoms with E-state index in [4.69, 9.17) is 5.73 Å². The van der Waals surface area contributed by atoms with Gasteiger partial charge < -0.3 is 16.0 Å². The minimum absolute atomic E-state index is 0.0715. The number of allylic oxidation sites excluding steroid dienone is 1. The van der Waals surface area contributed by atoms with Crippen molar-refractivity contribution >= 4 is 23.4 Å². The zero-order chi connectivity index (χ0) is 34.6. The Balaban J connectivity index is 1.54. The highest BCUT2D eigenvalue weighted by Crippen LogP contribution is 2.41. The number of nitrogens with two attached hydrogens (primary N) is 1. The molecule has 0 aliphatic carbocycles. The number of fused-ring (bicyclic) bond motifs is 3. The minimum atomic E-state index is -4.44. The molecule has 0 radical (unpaired) electrons. The largest absolute Gasteiger partial charge is 0.416 e. The maximum atomic E-state index is 14.7. The van der Waals surface area contributed by atoms with E-state index in [1.807, 2.05) is 74.5 Å². The maximum absolute atomic E-state index is 14.7. The number of hydrogen-bond donors (Lipinski definition) is 2. The predicted molar refractivity (Wildman–Crippen MR) is 181 cm³/mol. The normalized spacial score (nSPS) is 15.6. The van der Waals surface area contributed by atoms with Crippen LogP contribution < -0.4 is 16.0 Å². The lowest BCUT2D eigenvalue weighted by molar-refractivity contribution is -0.137. The lowest BCUT2D eigenvalue weighted by Crippen LogP contribution is -2.47. The number of rotatable bonds is 11. The van der Waals surface area contributed by atoms with E-state index in [-0.39, 0.29) is 24.8 Å². The van der Waals surface area contributed by atoms with Gasteiger partial charge in [0.25, 0.3) is 5.91 Å². The summed E-state index contributed by atoms with van der Waals surface area (Å²) in [5.41, 5.74) is 9.91. The van der Waals surface area contributed by atoms with E-state index in [0.717, 1.165) is 28.8 Å². The van der Waals surface area contributed by atoms with Crippen LogP contribution in [0.3, 0.4) is 0 Å². The fourth-order valence-corrected chi connectivity index (χ4v) is 6.39. The van der Waals surface area contributed by atoms with Crippen molar-refractivity contribution in [3.05, 3.63) is 126 Å². The topological polar surface area (TPSA) is 92.5 Å². The molecular weight excluding hydrogens is 615 g/mol. The van der Waals surface area contributed by atoms with Gasteiger partial charge in [0.15, 0.2) is 0 Å². The van der Waals surface area contributed by atoms with E-state index in [1.54, 1.807) is 23.1 Å². The molecule has 6 nitrogen and oxygen atoms in total. The number of hydrogen-bond acceptors (Lipinski definition) is 3. The average Bonchev–Trinajstić information content (AvgIpc) is 3.15. The number of halogens is 3. The zero-order valence-corrected chi connectivity index (χ0v) is 26.8. The summed E-state index contributed by atoms with van der Waals surface area (Å²) >= 11 is 0. The van der Waals surface area contributed by atoms with Crippen molar-refractivity contribution in [1.29, 1.82) is 0 Å². The summed E-state index contributed by atoms with van der Waals surface area (Å²) in [5, 5.41) is 3.01. The molecule has 9 heteroatoms. The summed E-state index contributed by atoms with van der Waals surface area (Å²) in [6, 6.07) is 26.1.